The summed E-state index contributed by atoms with van der Waals surface area (Å²) in [5.41, 5.74) is 4.60. The summed E-state index contributed by atoms with van der Waals surface area (Å²) in [6.07, 6.45) is 0.746. The van der Waals surface area contributed by atoms with Crippen molar-refractivity contribution in [1.82, 2.24) is 10.7 Å². The van der Waals surface area contributed by atoms with Crippen LogP contribution in [0, 0.1) is 0 Å². The number of amides is 2. The van der Waals surface area contributed by atoms with Crippen molar-refractivity contribution < 1.29 is 4.79 Å². The highest BCUT2D eigenvalue weighted by molar-refractivity contribution is 9.10. The minimum Gasteiger partial charge on any atom is -0.313 e. The Morgan fingerprint density at radius 2 is 1.76 bits per heavy atom. The molecule has 0 aromatic heterocycles. The number of urea groups is 1. The van der Waals surface area contributed by atoms with E-state index in [1.54, 1.807) is 5.01 Å². The first-order valence-corrected chi connectivity index (χ1v) is 7.65. The van der Waals surface area contributed by atoms with Crippen LogP contribution in [0.4, 0.5) is 10.5 Å². The summed E-state index contributed by atoms with van der Waals surface area (Å²) >= 11 is 3.40. The fraction of sp³-hybridized carbons (Fsp3) is 0.188. The zero-order valence-electron chi connectivity index (χ0n) is 11.6. The molecule has 2 aromatic rings. The van der Waals surface area contributed by atoms with Gasteiger partial charge in [0.15, 0.2) is 0 Å². The summed E-state index contributed by atoms with van der Waals surface area (Å²) in [5.74, 6) is 0. The molecule has 5 heteroatoms. The lowest BCUT2D eigenvalue weighted by Gasteiger charge is -2.28. The summed E-state index contributed by atoms with van der Waals surface area (Å²) in [7, 11) is 0. The zero-order chi connectivity index (χ0) is 14.9. The van der Waals surface area contributed by atoms with Gasteiger partial charge in [-0.25, -0.2) is 9.80 Å². The van der Waals surface area contributed by atoms with E-state index in [0.29, 0.717) is 0 Å². The normalized spacial score (nSPS) is 21.4. The molecule has 0 bridgehead atoms. The molecule has 0 aliphatic carbocycles. The largest absolute Gasteiger partial charge is 0.338 e. The van der Waals surface area contributed by atoms with Crippen molar-refractivity contribution in [2.24, 2.45) is 0 Å². The fourth-order valence-electron chi connectivity index (χ4n) is 2.51. The van der Waals surface area contributed by atoms with E-state index in [9.17, 15) is 4.79 Å². The third kappa shape index (κ3) is 2.54. The topological polar surface area (TPSA) is 44.4 Å². The minimum absolute atomic E-state index is 0.150. The second kappa shape index (κ2) is 5.50. The Kier molecular flexibility index (Phi) is 3.69. The first-order valence-electron chi connectivity index (χ1n) is 6.86. The number of halogens is 1. The highest BCUT2D eigenvalue weighted by atomic mass is 79.9. The van der Waals surface area contributed by atoms with Crippen molar-refractivity contribution in [3.05, 3.63) is 64.6 Å². The van der Waals surface area contributed by atoms with Gasteiger partial charge in [-0.05, 0) is 36.2 Å². The molecule has 1 heterocycles. The molecule has 1 aliphatic heterocycles. The molecular formula is C16H16BrN3O. The van der Waals surface area contributed by atoms with Gasteiger partial charge < -0.3 is 5.32 Å². The maximum absolute atomic E-state index is 12.3. The van der Waals surface area contributed by atoms with Gasteiger partial charge in [-0.3, -0.25) is 0 Å². The number of rotatable bonds is 3. The average Bonchev–Trinajstić information content (AvgIpc) is 2.87. The molecular weight excluding hydrogens is 330 g/mol. The van der Waals surface area contributed by atoms with E-state index in [2.05, 4.69) is 26.7 Å². The van der Waals surface area contributed by atoms with Gasteiger partial charge in [0.1, 0.15) is 5.66 Å². The number of hydrazine groups is 1. The van der Waals surface area contributed by atoms with Crippen LogP contribution in [0.5, 0.6) is 0 Å². The number of anilines is 1. The van der Waals surface area contributed by atoms with Crippen LogP contribution in [0.3, 0.4) is 0 Å². The fourth-order valence-corrected chi connectivity index (χ4v) is 2.78. The molecule has 1 atom stereocenters. The van der Waals surface area contributed by atoms with Crippen molar-refractivity contribution in [2.45, 2.75) is 19.0 Å². The summed E-state index contributed by atoms with van der Waals surface area (Å²) in [6, 6.07) is 17.4. The van der Waals surface area contributed by atoms with Crippen LogP contribution in [-0.4, -0.2) is 6.03 Å². The number of hydrogen-bond acceptors (Lipinski definition) is 2. The number of carbonyl (C=O) groups is 1. The maximum atomic E-state index is 12.3. The second-order valence-corrected chi connectivity index (χ2v) is 5.89. The highest BCUT2D eigenvalue weighted by Crippen LogP contribution is 2.29. The van der Waals surface area contributed by atoms with Crippen LogP contribution in [0.25, 0.3) is 0 Å². The molecule has 1 unspecified atom stereocenters. The lowest BCUT2D eigenvalue weighted by Crippen LogP contribution is -2.47. The molecule has 4 nitrogen and oxygen atoms in total. The molecule has 3 rings (SSSR count). The van der Waals surface area contributed by atoms with Gasteiger partial charge in [0.2, 0.25) is 0 Å². The van der Waals surface area contributed by atoms with Crippen LogP contribution in [0.15, 0.2) is 59.1 Å². The van der Waals surface area contributed by atoms with Gasteiger partial charge in [-0.1, -0.05) is 53.2 Å². The van der Waals surface area contributed by atoms with E-state index in [-0.39, 0.29) is 6.03 Å². The smallest absolute Gasteiger partial charge is 0.313 e. The molecule has 0 spiro atoms. The maximum Gasteiger partial charge on any atom is 0.338 e. The minimum atomic E-state index is -0.564. The number of hydrogen-bond donors (Lipinski definition) is 2. The van der Waals surface area contributed by atoms with E-state index in [0.717, 1.165) is 22.1 Å². The van der Waals surface area contributed by atoms with E-state index in [4.69, 9.17) is 0 Å². The van der Waals surface area contributed by atoms with Crippen LogP contribution in [0.1, 0.15) is 18.9 Å². The van der Waals surface area contributed by atoms with Gasteiger partial charge >= 0.3 is 6.03 Å². The molecule has 2 aromatic carbocycles. The standard InChI is InChI=1S/C16H16BrN3O/c1-2-16(12-6-4-3-5-7-12)18-15(21)20(19-16)14-10-8-13(17)9-11-14/h3-11,19H,2H2,1H3,(H,18,21). The molecule has 1 aliphatic rings. The van der Waals surface area contributed by atoms with Crippen molar-refractivity contribution in [2.75, 3.05) is 5.01 Å². The second-order valence-electron chi connectivity index (χ2n) is 4.98. The van der Waals surface area contributed by atoms with Gasteiger partial charge in [-0.15, -0.1) is 0 Å². The Hall–Kier alpha value is -1.85. The molecule has 0 saturated carbocycles. The third-order valence-electron chi connectivity index (χ3n) is 3.71. The lowest BCUT2D eigenvalue weighted by atomic mass is 9.98. The summed E-state index contributed by atoms with van der Waals surface area (Å²) in [5, 5.41) is 4.62. The first-order chi connectivity index (χ1) is 10.1. The predicted octanol–water partition coefficient (Wildman–Crippen LogP) is 3.75. The number of benzene rings is 2. The molecule has 1 fully saturated rings. The number of nitrogens with one attached hydrogen (secondary N) is 2. The van der Waals surface area contributed by atoms with Gasteiger partial charge in [0, 0.05) is 4.47 Å². The Bertz CT molecular complexity index is 644. The van der Waals surface area contributed by atoms with Crippen LogP contribution >= 0.6 is 15.9 Å². The molecule has 108 valence electrons. The highest BCUT2D eigenvalue weighted by Gasteiger charge is 2.42. The molecule has 2 amide bonds. The molecule has 2 N–H and O–H groups in total. The molecule has 21 heavy (non-hydrogen) atoms. The molecule has 0 radical (unpaired) electrons. The van der Waals surface area contributed by atoms with Crippen molar-refractivity contribution in [3.8, 4) is 0 Å². The van der Waals surface area contributed by atoms with Crippen LogP contribution in [-0.2, 0) is 5.66 Å². The number of nitrogens with zero attached hydrogens (tertiary/aromatic N) is 1. The summed E-state index contributed by atoms with van der Waals surface area (Å²) < 4.78 is 0.982. The van der Waals surface area contributed by atoms with Crippen LogP contribution < -0.4 is 15.8 Å². The van der Waals surface area contributed by atoms with Crippen molar-refractivity contribution in [3.63, 3.8) is 0 Å². The zero-order valence-corrected chi connectivity index (χ0v) is 13.2. The predicted molar refractivity (Wildman–Crippen MR) is 86.7 cm³/mol. The molecule has 1 saturated heterocycles. The number of carbonyl (C=O) groups excluding carboxylic acids is 1. The van der Waals surface area contributed by atoms with E-state index < -0.39 is 5.66 Å². The van der Waals surface area contributed by atoms with Gasteiger partial charge in [0.25, 0.3) is 0 Å². The summed E-state index contributed by atoms with van der Waals surface area (Å²) in [4.78, 5) is 12.3. The quantitative estimate of drug-likeness (QED) is 0.889. The van der Waals surface area contributed by atoms with E-state index >= 15 is 0 Å². The van der Waals surface area contributed by atoms with Gasteiger partial charge in [-0.2, -0.15) is 5.43 Å². The van der Waals surface area contributed by atoms with Crippen molar-refractivity contribution >= 4 is 27.6 Å². The Balaban J connectivity index is 1.94. The Morgan fingerprint density at radius 1 is 1.10 bits per heavy atom. The van der Waals surface area contributed by atoms with E-state index in [1.807, 2.05) is 61.5 Å². The first kappa shape index (κ1) is 14.1. The third-order valence-corrected chi connectivity index (χ3v) is 4.24. The SMILES string of the molecule is CCC1(c2ccccc2)NC(=O)N(c2ccc(Br)cc2)N1. The Labute approximate surface area is 132 Å². The summed E-state index contributed by atoms with van der Waals surface area (Å²) in [6.45, 7) is 2.05. The van der Waals surface area contributed by atoms with Crippen molar-refractivity contribution in [1.29, 1.82) is 0 Å². The lowest BCUT2D eigenvalue weighted by molar-refractivity contribution is 0.245. The monoisotopic (exact) mass is 345 g/mol. The Morgan fingerprint density at radius 3 is 2.38 bits per heavy atom. The van der Waals surface area contributed by atoms with E-state index in [1.165, 1.54) is 0 Å². The van der Waals surface area contributed by atoms with Gasteiger partial charge in [0.05, 0.1) is 5.69 Å². The average molecular weight is 346 g/mol. The van der Waals surface area contributed by atoms with Crippen LogP contribution in [0.2, 0.25) is 0 Å².